The molecule has 1 aliphatic heterocycles. The van der Waals surface area contributed by atoms with Crippen molar-refractivity contribution in [3.05, 3.63) is 35.9 Å². The third-order valence-corrected chi connectivity index (χ3v) is 6.92. The van der Waals surface area contributed by atoms with Crippen molar-refractivity contribution in [3.63, 3.8) is 0 Å². The topological polar surface area (TPSA) is 174 Å². The summed E-state index contributed by atoms with van der Waals surface area (Å²) in [5, 5.41) is 0.240. The van der Waals surface area contributed by atoms with Gasteiger partial charge in [0.2, 0.25) is 5.78 Å². The second kappa shape index (κ2) is 8.58. The van der Waals surface area contributed by atoms with E-state index in [-0.39, 0.29) is 64.7 Å². The van der Waals surface area contributed by atoms with E-state index in [2.05, 4.69) is 5.10 Å². The summed E-state index contributed by atoms with van der Waals surface area (Å²) in [5.41, 5.74) is 1.39. The number of hydrogen-bond acceptors (Lipinski definition) is 9. The smallest absolute Gasteiger partial charge is 0.683 e. The monoisotopic (exact) mass is 378 g/mol. The van der Waals surface area contributed by atoms with Gasteiger partial charge in [-0.1, -0.05) is 38.3 Å². The van der Waals surface area contributed by atoms with E-state index < -0.39 is 38.8 Å². The molecule has 1 atom stereocenters. The first-order valence-corrected chi connectivity index (χ1v) is 8.75. The Hall–Kier alpha value is 0.980. The van der Waals surface area contributed by atoms with Crippen molar-refractivity contribution < 1.29 is 93.3 Å². The predicted molar refractivity (Wildman–Crippen MR) is 67.0 cm³/mol. The summed E-state index contributed by atoms with van der Waals surface area (Å²) in [6.07, 6.45) is -0.991. The third-order valence-electron chi connectivity index (χ3n) is 3.02. The Balaban J connectivity index is 0.00000242. The summed E-state index contributed by atoms with van der Waals surface area (Å²) >= 11 is 0. The molecule has 0 aromatic heterocycles. The van der Waals surface area contributed by atoms with Gasteiger partial charge in [-0.2, -0.15) is 5.10 Å². The number of nitrogens with zero attached hydrogens (tertiary/aromatic N) is 1. The minimum atomic E-state index is -5.78. The van der Waals surface area contributed by atoms with Crippen LogP contribution in [0, 0.1) is 0 Å². The van der Waals surface area contributed by atoms with E-state index in [1.54, 1.807) is 23.6 Å². The molecule has 23 heavy (non-hydrogen) atoms. The standard InChI is InChI=1S/C10H12N2O7P2.2Na/c13-9(7-4-2-1-3-5-7)8-6-10(12-11-8,20(14,15)16)21(17,18)19;;/h1-5,12H,6H2,(H2,14,15,16)(H2,17,18,19);;/q;2*+1/p-2. The van der Waals surface area contributed by atoms with E-state index in [4.69, 9.17) is 9.79 Å². The van der Waals surface area contributed by atoms with E-state index in [0.29, 0.717) is 0 Å². The molecule has 1 aromatic rings. The van der Waals surface area contributed by atoms with E-state index in [1.807, 2.05) is 0 Å². The van der Waals surface area contributed by atoms with Gasteiger partial charge in [-0.3, -0.25) is 4.79 Å². The Morgan fingerprint density at radius 3 is 2.04 bits per heavy atom. The molecule has 0 bridgehead atoms. The van der Waals surface area contributed by atoms with E-state index in [1.165, 1.54) is 12.1 Å². The van der Waals surface area contributed by atoms with Crippen LogP contribution >= 0.6 is 15.9 Å². The van der Waals surface area contributed by atoms with Crippen molar-refractivity contribution in [2.24, 2.45) is 5.10 Å². The van der Waals surface area contributed by atoms with Crippen LogP contribution in [0.3, 0.4) is 0 Å². The number of hydrazone groups is 1. The van der Waals surface area contributed by atoms with Gasteiger partial charge in [0.05, 0.1) is 6.42 Å². The fourth-order valence-corrected chi connectivity index (χ4v) is 4.17. The molecule has 0 saturated heterocycles. The molecule has 114 valence electrons. The van der Waals surface area contributed by atoms with Crippen LogP contribution in [0.5, 0.6) is 0 Å². The maximum absolute atomic E-state index is 12.1. The third kappa shape index (κ3) is 4.78. The first-order chi connectivity index (χ1) is 9.58. The summed E-state index contributed by atoms with van der Waals surface area (Å²) in [5.74, 6) is -0.716. The van der Waals surface area contributed by atoms with Crippen LogP contribution in [0.25, 0.3) is 0 Å². The Morgan fingerprint density at radius 2 is 1.65 bits per heavy atom. The largest absolute Gasteiger partial charge is 1.00 e. The van der Waals surface area contributed by atoms with Gasteiger partial charge in [-0.15, -0.1) is 0 Å². The number of rotatable bonds is 4. The van der Waals surface area contributed by atoms with Crippen molar-refractivity contribution in [1.29, 1.82) is 0 Å². The molecule has 1 aromatic carbocycles. The molecule has 0 spiro atoms. The zero-order chi connectivity index (χ0) is 15.9. The molecule has 3 N–H and O–H groups in total. The minimum Gasteiger partial charge on any atom is -0.683 e. The first-order valence-electron chi connectivity index (χ1n) is 5.60. The van der Waals surface area contributed by atoms with Crippen LogP contribution in [0.15, 0.2) is 35.4 Å². The number of Topliss-reactive ketones (excluding diaryl/α,β-unsaturated/α-hetero) is 1. The molecule has 0 radical (unpaired) electrons. The molecule has 2 rings (SSSR count). The number of ketones is 1. The number of carbonyl (C=O) groups excluding carboxylic acids is 1. The molecule has 13 heteroatoms. The van der Waals surface area contributed by atoms with Crippen LogP contribution in [0.1, 0.15) is 16.8 Å². The summed E-state index contributed by atoms with van der Waals surface area (Å²) in [6.45, 7) is 0. The van der Waals surface area contributed by atoms with Crippen LogP contribution < -0.4 is 84.1 Å². The van der Waals surface area contributed by atoms with Crippen LogP contribution in [-0.2, 0) is 0 Å². The Kier molecular flexibility index (Phi) is 8.94. The molecular formula is C10H10N2Na2O7P2. The van der Waals surface area contributed by atoms with Gasteiger partial charge in [0.15, 0.2) is 0 Å². The zero-order valence-corrected chi connectivity index (χ0v) is 18.2. The second-order valence-corrected chi connectivity index (χ2v) is 8.36. The van der Waals surface area contributed by atoms with Crippen molar-refractivity contribution in [1.82, 2.24) is 5.43 Å². The number of benzene rings is 1. The van der Waals surface area contributed by atoms with Crippen LogP contribution in [-0.4, -0.2) is 26.3 Å². The molecular weight excluding hydrogens is 368 g/mol. The summed E-state index contributed by atoms with van der Waals surface area (Å²) < 4.78 is 0. The summed E-state index contributed by atoms with van der Waals surface area (Å²) in [7, 11) is -11.2. The van der Waals surface area contributed by atoms with Crippen molar-refractivity contribution in [2.45, 2.75) is 11.4 Å². The molecule has 0 amide bonds. The fraction of sp³-hybridized carbons (Fsp3) is 0.200. The number of carbonyl (C=O) groups is 1. The Bertz CT molecular complexity index is 575. The maximum Gasteiger partial charge on any atom is 1.00 e. The van der Waals surface area contributed by atoms with Gasteiger partial charge < -0.3 is 19.6 Å². The SMILES string of the molecule is O=C(C1=NNC([P+]([O-])([O-])[O-])([P+]([O-])(O)O)C1)c1ccccc1.[Na+].[Na+]. The second-order valence-electron chi connectivity index (χ2n) is 4.40. The van der Waals surface area contributed by atoms with Gasteiger partial charge in [0.25, 0.3) is 13.0 Å². The molecule has 0 fully saturated rings. The first kappa shape index (κ1) is 24.0. The van der Waals surface area contributed by atoms with Crippen LogP contribution in [0.2, 0.25) is 0 Å². The minimum absolute atomic E-state index is 0. The van der Waals surface area contributed by atoms with Gasteiger partial charge in [-0.05, 0) is 0 Å². The van der Waals surface area contributed by atoms with Crippen molar-refractivity contribution >= 4 is 27.4 Å². The van der Waals surface area contributed by atoms with E-state index in [0.717, 1.165) is 0 Å². The van der Waals surface area contributed by atoms with Gasteiger partial charge in [0, 0.05) is 5.56 Å². The molecule has 1 unspecified atom stereocenters. The van der Waals surface area contributed by atoms with Gasteiger partial charge >= 0.3 is 59.1 Å². The van der Waals surface area contributed by atoms with Crippen molar-refractivity contribution in [3.8, 4) is 0 Å². The van der Waals surface area contributed by atoms with Gasteiger partial charge in [0.1, 0.15) is 5.71 Å². The molecule has 1 heterocycles. The predicted octanol–water partition coefficient (Wildman–Crippen LogP) is -9.17. The number of nitrogens with one attached hydrogen (secondary N) is 1. The number of hydrogen-bond donors (Lipinski definition) is 3. The molecule has 0 saturated carbocycles. The summed E-state index contributed by atoms with van der Waals surface area (Å²) in [6, 6.07) is 7.61. The summed E-state index contributed by atoms with van der Waals surface area (Å²) in [4.78, 5) is 75.5. The zero-order valence-electron chi connectivity index (χ0n) is 12.4. The van der Waals surface area contributed by atoms with Crippen molar-refractivity contribution in [2.75, 3.05) is 0 Å². The van der Waals surface area contributed by atoms with E-state index >= 15 is 0 Å². The quantitative estimate of drug-likeness (QED) is 0.263. The average molecular weight is 378 g/mol. The van der Waals surface area contributed by atoms with Gasteiger partial charge in [-0.25, -0.2) is 15.2 Å². The Labute approximate surface area is 177 Å². The Morgan fingerprint density at radius 1 is 1.13 bits per heavy atom. The average Bonchev–Trinajstić information content (AvgIpc) is 2.84. The molecule has 0 aliphatic carbocycles. The molecule has 1 aliphatic rings. The molecule has 9 nitrogen and oxygen atoms in total. The van der Waals surface area contributed by atoms with Crippen LogP contribution in [0.4, 0.5) is 0 Å². The normalized spacial score (nSPS) is 20.7. The maximum atomic E-state index is 12.1. The van der Waals surface area contributed by atoms with E-state index in [9.17, 15) is 24.4 Å². The fourth-order valence-electron chi connectivity index (χ4n) is 1.84.